The third kappa shape index (κ3) is 3.02. The first-order valence-corrected chi connectivity index (χ1v) is 7.97. The molecule has 1 saturated carbocycles. The second kappa shape index (κ2) is 5.55. The van der Waals surface area contributed by atoms with E-state index in [-0.39, 0.29) is 22.7 Å². The third-order valence-electron chi connectivity index (χ3n) is 3.64. The summed E-state index contributed by atoms with van der Waals surface area (Å²) in [6.45, 7) is 0. The van der Waals surface area contributed by atoms with Crippen LogP contribution in [0.2, 0.25) is 0 Å². The number of aryl methyl sites for hydroxylation is 1. The summed E-state index contributed by atoms with van der Waals surface area (Å²) in [4.78, 5) is 10.9. The molecule has 2 atom stereocenters. The molecule has 0 aliphatic heterocycles. The Morgan fingerprint density at radius 3 is 2.65 bits per heavy atom. The number of rotatable bonds is 4. The van der Waals surface area contributed by atoms with Gasteiger partial charge in [0.1, 0.15) is 10.6 Å². The van der Waals surface area contributed by atoms with E-state index in [0.29, 0.717) is 6.42 Å². The number of nitrogens with two attached hydrogens (primary N) is 1. The van der Waals surface area contributed by atoms with Crippen LogP contribution >= 0.6 is 0 Å². The SMILES string of the molecule is Cn1cc(S(=O)(=O)NC2CCCCC2N)cc1C(=O)O. The van der Waals surface area contributed by atoms with Crippen LogP contribution in [0.25, 0.3) is 0 Å². The van der Waals surface area contributed by atoms with Crippen molar-refractivity contribution >= 4 is 16.0 Å². The van der Waals surface area contributed by atoms with Gasteiger partial charge < -0.3 is 15.4 Å². The van der Waals surface area contributed by atoms with E-state index >= 15 is 0 Å². The second-order valence-electron chi connectivity index (χ2n) is 5.15. The first-order valence-electron chi connectivity index (χ1n) is 6.49. The third-order valence-corrected chi connectivity index (χ3v) is 5.09. The fourth-order valence-electron chi connectivity index (χ4n) is 2.47. The number of carboxylic acids is 1. The van der Waals surface area contributed by atoms with Crippen molar-refractivity contribution in [3.05, 3.63) is 18.0 Å². The molecule has 2 rings (SSSR count). The predicted octanol–water partition coefficient (Wildman–Crippen LogP) is 0.272. The molecule has 112 valence electrons. The number of carbonyl (C=O) groups is 1. The number of sulfonamides is 1. The van der Waals surface area contributed by atoms with Crippen LogP contribution in [-0.2, 0) is 17.1 Å². The minimum absolute atomic E-state index is 0.0461. The van der Waals surface area contributed by atoms with E-state index in [1.165, 1.54) is 17.8 Å². The van der Waals surface area contributed by atoms with E-state index in [1.807, 2.05) is 0 Å². The topological polar surface area (TPSA) is 114 Å². The molecule has 2 unspecified atom stereocenters. The molecule has 1 aromatic rings. The number of hydrogen-bond donors (Lipinski definition) is 3. The van der Waals surface area contributed by atoms with Crippen molar-refractivity contribution in [3.8, 4) is 0 Å². The van der Waals surface area contributed by atoms with Gasteiger partial charge in [0.25, 0.3) is 0 Å². The highest BCUT2D eigenvalue weighted by atomic mass is 32.2. The lowest BCUT2D eigenvalue weighted by Crippen LogP contribution is -2.49. The normalized spacial score (nSPS) is 23.7. The average Bonchev–Trinajstić information content (AvgIpc) is 2.75. The quantitative estimate of drug-likeness (QED) is 0.738. The zero-order valence-electron chi connectivity index (χ0n) is 11.2. The fourth-order valence-corrected chi connectivity index (χ4v) is 3.86. The van der Waals surface area contributed by atoms with Gasteiger partial charge in [-0.15, -0.1) is 0 Å². The van der Waals surface area contributed by atoms with E-state index in [2.05, 4.69) is 4.72 Å². The molecule has 1 aliphatic carbocycles. The van der Waals surface area contributed by atoms with Crippen molar-refractivity contribution in [2.24, 2.45) is 12.8 Å². The summed E-state index contributed by atoms with van der Waals surface area (Å²) >= 11 is 0. The molecule has 0 bridgehead atoms. The monoisotopic (exact) mass is 301 g/mol. The highest BCUT2D eigenvalue weighted by Gasteiger charge is 2.28. The van der Waals surface area contributed by atoms with Crippen LogP contribution < -0.4 is 10.5 Å². The zero-order valence-corrected chi connectivity index (χ0v) is 12.1. The van der Waals surface area contributed by atoms with Gasteiger partial charge in [-0.05, 0) is 18.9 Å². The highest BCUT2D eigenvalue weighted by Crippen LogP contribution is 2.20. The first-order chi connectivity index (χ1) is 9.31. The van der Waals surface area contributed by atoms with Crippen LogP contribution in [0.1, 0.15) is 36.2 Å². The lowest BCUT2D eigenvalue weighted by molar-refractivity contribution is 0.0686. The summed E-state index contributed by atoms with van der Waals surface area (Å²) in [5, 5.41) is 8.95. The molecule has 8 heteroatoms. The molecule has 0 aromatic carbocycles. The lowest BCUT2D eigenvalue weighted by Gasteiger charge is -2.28. The highest BCUT2D eigenvalue weighted by molar-refractivity contribution is 7.89. The maximum Gasteiger partial charge on any atom is 0.352 e. The predicted molar refractivity (Wildman–Crippen MR) is 72.9 cm³/mol. The van der Waals surface area contributed by atoms with Crippen molar-refractivity contribution in [1.29, 1.82) is 0 Å². The molecule has 0 radical (unpaired) electrons. The molecular formula is C12H19N3O4S. The molecule has 20 heavy (non-hydrogen) atoms. The number of aromatic nitrogens is 1. The van der Waals surface area contributed by atoms with Crippen molar-refractivity contribution in [2.45, 2.75) is 42.7 Å². The van der Waals surface area contributed by atoms with Gasteiger partial charge in [0.05, 0.1) is 0 Å². The summed E-state index contributed by atoms with van der Waals surface area (Å²) in [7, 11) is -2.25. The van der Waals surface area contributed by atoms with Crippen molar-refractivity contribution in [3.63, 3.8) is 0 Å². The smallest absolute Gasteiger partial charge is 0.352 e. The van der Waals surface area contributed by atoms with E-state index < -0.39 is 16.0 Å². The van der Waals surface area contributed by atoms with Crippen LogP contribution in [0, 0.1) is 0 Å². The van der Waals surface area contributed by atoms with E-state index in [0.717, 1.165) is 25.3 Å². The van der Waals surface area contributed by atoms with Gasteiger partial charge in [0, 0.05) is 25.3 Å². The standard InChI is InChI=1S/C12H19N3O4S/c1-15-7-8(6-11(15)12(16)17)20(18,19)14-10-5-3-2-4-9(10)13/h6-7,9-10,14H,2-5,13H2,1H3,(H,16,17). The molecule has 0 saturated heterocycles. The molecule has 7 nitrogen and oxygen atoms in total. The summed E-state index contributed by atoms with van der Waals surface area (Å²) in [5.41, 5.74) is 5.85. The van der Waals surface area contributed by atoms with Crippen LogP contribution in [0.5, 0.6) is 0 Å². The summed E-state index contributed by atoms with van der Waals surface area (Å²) in [5.74, 6) is -1.16. The number of hydrogen-bond acceptors (Lipinski definition) is 4. The number of aromatic carboxylic acids is 1. The van der Waals surface area contributed by atoms with Crippen LogP contribution in [0.4, 0.5) is 0 Å². The lowest BCUT2D eigenvalue weighted by atomic mass is 9.92. The van der Waals surface area contributed by atoms with E-state index in [4.69, 9.17) is 10.8 Å². The Labute approximate surface area is 117 Å². The summed E-state index contributed by atoms with van der Waals surface area (Å²) in [6.07, 6.45) is 4.74. The van der Waals surface area contributed by atoms with Crippen LogP contribution in [0.3, 0.4) is 0 Å². The molecule has 1 aromatic heterocycles. The summed E-state index contributed by atoms with van der Waals surface area (Å²) in [6, 6.07) is 0.669. The van der Waals surface area contributed by atoms with Gasteiger partial charge in [-0.3, -0.25) is 0 Å². The maximum absolute atomic E-state index is 12.3. The summed E-state index contributed by atoms with van der Waals surface area (Å²) < 4.78 is 28.4. The molecule has 1 aliphatic rings. The number of carboxylic acid groups (broad SMARTS) is 1. The number of nitrogens with one attached hydrogen (secondary N) is 1. The minimum Gasteiger partial charge on any atom is -0.477 e. The molecule has 4 N–H and O–H groups in total. The second-order valence-corrected chi connectivity index (χ2v) is 6.87. The maximum atomic E-state index is 12.3. The Morgan fingerprint density at radius 2 is 2.10 bits per heavy atom. The largest absolute Gasteiger partial charge is 0.477 e. The minimum atomic E-state index is -3.74. The Bertz CT molecular complexity index is 608. The van der Waals surface area contributed by atoms with Gasteiger partial charge in [-0.25, -0.2) is 17.9 Å². The average molecular weight is 301 g/mol. The zero-order chi connectivity index (χ0) is 14.9. The molecule has 0 amide bonds. The van der Waals surface area contributed by atoms with E-state index in [1.54, 1.807) is 0 Å². The van der Waals surface area contributed by atoms with Gasteiger partial charge >= 0.3 is 5.97 Å². The molecular weight excluding hydrogens is 282 g/mol. The van der Waals surface area contributed by atoms with Crippen molar-refractivity contribution in [1.82, 2.24) is 9.29 Å². The van der Waals surface area contributed by atoms with Crippen LogP contribution in [0.15, 0.2) is 17.2 Å². The van der Waals surface area contributed by atoms with Gasteiger partial charge in [-0.2, -0.15) is 0 Å². The van der Waals surface area contributed by atoms with E-state index in [9.17, 15) is 13.2 Å². The Hall–Kier alpha value is -1.38. The van der Waals surface area contributed by atoms with Gasteiger partial charge in [0.15, 0.2) is 0 Å². The molecule has 1 fully saturated rings. The van der Waals surface area contributed by atoms with Crippen LogP contribution in [-0.4, -0.2) is 36.1 Å². The fraction of sp³-hybridized carbons (Fsp3) is 0.583. The molecule has 0 spiro atoms. The van der Waals surface area contributed by atoms with Crippen molar-refractivity contribution < 1.29 is 18.3 Å². The Balaban J connectivity index is 2.22. The van der Waals surface area contributed by atoms with Gasteiger partial charge in [-0.1, -0.05) is 12.8 Å². The first kappa shape index (κ1) is 15.0. The Morgan fingerprint density at radius 1 is 1.45 bits per heavy atom. The molecule has 1 heterocycles. The number of nitrogens with zero attached hydrogens (tertiary/aromatic N) is 1. The van der Waals surface area contributed by atoms with Gasteiger partial charge in [0.2, 0.25) is 10.0 Å². The Kier molecular flexibility index (Phi) is 4.17. The van der Waals surface area contributed by atoms with Crippen molar-refractivity contribution in [2.75, 3.05) is 0 Å².